The lowest BCUT2D eigenvalue weighted by Gasteiger charge is -2.23. The molecule has 2 aromatic carbocycles. The Morgan fingerprint density at radius 3 is 2.81 bits per heavy atom. The van der Waals surface area contributed by atoms with Gasteiger partial charge in [-0.05, 0) is 47.2 Å². The second-order valence-corrected chi connectivity index (χ2v) is 6.05. The zero-order chi connectivity index (χ0) is 14.4. The quantitative estimate of drug-likeness (QED) is 0.888. The van der Waals surface area contributed by atoms with Gasteiger partial charge in [-0.25, -0.2) is 4.39 Å². The Kier molecular flexibility index (Phi) is 3.05. The van der Waals surface area contributed by atoms with Crippen molar-refractivity contribution in [2.24, 2.45) is 0 Å². The van der Waals surface area contributed by atoms with Crippen molar-refractivity contribution in [1.82, 2.24) is 5.32 Å². The smallest absolute Gasteiger partial charge is 0.123 e. The fraction of sp³-hybridized carbons (Fsp3) is 0.333. The molecule has 4 rings (SSSR count). The summed E-state index contributed by atoms with van der Waals surface area (Å²) in [6, 6.07) is 13.3. The summed E-state index contributed by atoms with van der Waals surface area (Å²) in [5.74, 6) is -0.185. The number of hydrogen-bond donors (Lipinski definition) is 2. The van der Waals surface area contributed by atoms with Crippen molar-refractivity contribution >= 4 is 0 Å². The van der Waals surface area contributed by atoms with Gasteiger partial charge < -0.3 is 10.4 Å². The van der Waals surface area contributed by atoms with Crippen LogP contribution in [0.4, 0.5) is 4.39 Å². The van der Waals surface area contributed by atoms with Crippen molar-refractivity contribution < 1.29 is 9.50 Å². The molecule has 0 aliphatic heterocycles. The van der Waals surface area contributed by atoms with Gasteiger partial charge in [0.25, 0.3) is 0 Å². The van der Waals surface area contributed by atoms with Crippen molar-refractivity contribution in [1.29, 1.82) is 0 Å². The van der Waals surface area contributed by atoms with Crippen LogP contribution in [0, 0.1) is 5.82 Å². The molecule has 0 saturated carbocycles. The Balaban J connectivity index is 1.62. The molecule has 2 N–H and O–H groups in total. The number of benzene rings is 2. The summed E-state index contributed by atoms with van der Waals surface area (Å²) in [5, 5.41) is 13.9. The SMILES string of the molecule is OC1Cc2ccccc2C1NC1CCc2ccc(F)cc21. The number of aliphatic hydroxyl groups excluding tert-OH is 1. The Morgan fingerprint density at radius 2 is 1.90 bits per heavy atom. The number of fused-ring (bicyclic) bond motifs is 2. The van der Waals surface area contributed by atoms with E-state index in [0.29, 0.717) is 6.42 Å². The average Bonchev–Trinajstić information content (AvgIpc) is 3.01. The first-order valence-electron chi connectivity index (χ1n) is 7.52. The van der Waals surface area contributed by atoms with E-state index < -0.39 is 6.10 Å². The highest BCUT2D eigenvalue weighted by Gasteiger charge is 2.34. The molecule has 21 heavy (non-hydrogen) atoms. The molecule has 0 spiro atoms. The van der Waals surface area contributed by atoms with E-state index in [9.17, 15) is 9.50 Å². The Hall–Kier alpha value is -1.71. The van der Waals surface area contributed by atoms with Gasteiger partial charge in [0.1, 0.15) is 5.82 Å². The van der Waals surface area contributed by atoms with Gasteiger partial charge in [-0.1, -0.05) is 30.3 Å². The van der Waals surface area contributed by atoms with Crippen molar-refractivity contribution in [3.05, 3.63) is 70.5 Å². The normalized spacial score (nSPS) is 26.7. The lowest BCUT2D eigenvalue weighted by atomic mass is 10.0. The Labute approximate surface area is 123 Å². The molecule has 3 heteroatoms. The first-order chi connectivity index (χ1) is 10.2. The minimum atomic E-state index is -0.403. The van der Waals surface area contributed by atoms with Gasteiger partial charge in [0.05, 0.1) is 12.1 Å². The van der Waals surface area contributed by atoms with E-state index in [0.717, 1.165) is 18.4 Å². The highest BCUT2D eigenvalue weighted by atomic mass is 19.1. The van der Waals surface area contributed by atoms with Crippen molar-refractivity contribution in [2.45, 2.75) is 37.5 Å². The molecular formula is C18H18FNO. The molecule has 2 nitrogen and oxygen atoms in total. The van der Waals surface area contributed by atoms with E-state index in [1.807, 2.05) is 18.2 Å². The summed E-state index contributed by atoms with van der Waals surface area (Å²) in [5.41, 5.74) is 4.65. The van der Waals surface area contributed by atoms with Crippen LogP contribution in [0.2, 0.25) is 0 Å². The maximum absolute atomic E-state index is 13.5. The van der Waals surface area contributed by atoms with Gasteiger partial charge in [0.15, 0.2) is 0 Å². The van der Waals surface area contributed by atoms with E-state index >= 15 is 0 Å². The van der Waals surface area contributed by atoms with Crippen LogP contribution in [-0.2, 0) is 12.8 Å². The number of halogens is 1. The summed E-state index contributed by atoms with van der Waals surface area (Å²) >= 11 is 0. The van der Waals surface area contributed by atoms with Gasteiger partial charge in [0.2, 0.25) is 0 Å². The minimum Gasteiger partial charge on any atom is -0.391 e. The molecule has 2 aliphatic carbocycles. The second kappa shape index (κ2) is 4.93. The molecule has 2 aliphatic rings. The van der Waals surface area contributed by atoms with Gasteiger partial charge in [-0.15, -0.1) is 0 Å². The molecule has 108 valence electrons. The summed E-state index contributed by atoms with van der Waals surface area (Å²) in [4.78, 5) is 0. The zero-order valence-electron chi connectivity index (χ0n) is 11.7. The number of aryl methyl sites for hydroxylation is 1. The third-order valence-electron chi connectivity index (χ3n) is 4.77. The standard InChI is InChI=1S/C18H18FNO/c19-13-7-5-11-6-8-16(15(11)10-13)20-18-14-4-2-1-3-12(14)9-17(18)21/h1-5,7,10,16-18,20-21H,6,8-9H2. The fourth-order valence-electron chi connectivity index (χ4n) is 3.74. The third-order valence-corrected chi connectivity index (χ3v) is 4.77. The molecule has 0 saturated heterocycles. The number of nitrogens with one attached hydrogen (secondary N) is 1. The average molecular weight is 283 g/mol. The van der Waals surface area contributed by atoms with Crippen LogP contribution in [0.25, 0.3) is 0 Å². The zero-order valence-corrected chi connectivity index (χ0v) is 11.7. The largest absolute Gasteiger partial charge is 0.391 e. The first-order valence-corrected chi connectivity index (χ1v) is 7.52. The minimum absolute atomic E-state index is 0.0552. The lowest BCUT2D eigenvalue weighted by Crippen LogP contribution is -2.31. The highest BCUT2D eigenvalue weighted by molar-refractivity contribution is 5.39. The summed E-state index contributed by atoms with van der Waals surface area (Å²) < 4.78 is 13.5. The van der Waals surface area contributed by atoms with E-state index in [1.54, 1.807) is 6.07 Å². The summed E-state index contributed by atoms with van der Waals surface area (Å²) in [7, 11) is 0. The predicted octanol–water partition coefficient (Wildman–Crippen LogP) is 3.06. The number of aliphatic hydroxyl groups is 1. The van der Waals surface area contributed by atoms with Gasteiger partial charge in [-0.2, -0.15) is 0 Å². The van der Waals surface area contributed by atoms with Crippen LogP contribution in [0.5, 0.6) is 0 Å². The molecule has 0 radical (unpaired) electrons. The monoisotopic (exact) mass is 283 g/mol. The molecule has 0 bridgehead atoms. The van der Waals surface area contributed by atoms with Crippen LogP contribution in [-0.4, -0.2) is 11.2 Å². The topological polar surface area (TPSA) is 32.3 Å². The molecule has 0 fully saturated rings. The maximum Gasteiger partial charge on any atom is 0.123 e. The van der Waals surface area contributed by atoms with Crippen molar-refractivity contribution in [3.8, 4) is 0 Å². The van der Waals surface area contributed by atoms with E-state index in [-0.39, 0.29) is 17.9 Å². The van der Waals surface area contributed by atoms with Gasteiger partial charge in [0, 0.05) is 12.5 Å². The molecule has 0 amide bonds. The molecule has 0 heterocycles. The van der Waals surface area contributed by atoms with E-state index in [2.05, 4.69) is 17.4 Å². The molecule has 3 unspecified atom stereocenters. The Morgan fingerprint density at radius 1 is 1.05 bits per heavy atom. The highest BCUT2D eigenvalue weighted by Crippen LogP contribution is 2.37. The number of hydrogen-bond acceptors (Lipinski definition) is 2. The summed E-state index contributed by atoms with van der Waals surface area (Å²) in [6.45, 7) is 0. The van der Waals surface area contributed by atoms with E-state index in [4.69, 9.17) is 0 Å². The van der Waals surface area contributed by atoms with Crippen LogP contribution < -0.4 is 5.32 Å². The van der Waals surface area contributed by atoms with E-state index in [1.165, 1.54) is 22.8 Å². The van der Waals surface area contributed by atoms with Crippen LogP contribution in [0.3, 0.4) is 0 Å². The predicted molar refractivity (Wildman–Crippen MR) is 79.5 cm³/mol. The maximum atomic E-state index is 13.5. The van der Waals surface area contributed by atoms with Gasteiger partial charge >= 0.3 is 0 Å². The van der Waals surface area contributed by atoms with Crippen LogP contribution in [0.1, 0.15) is 40.8 Å². The molecule has 2 aromatic rings. The van der Waals surface area contributed by atoms with Crippen LogP contribution in [0.15, 0.2) is 42.5 Å². The lowest BCUT2D eigenvalue weighted by molar-refractivity contribution is 0.134. The first kappa shape index (κ1) is 13.0. The summed E-state index contributed by atoms with van der Waals surface area (Å²) in [6.07, 6.45) is 2.22. The third kappa shape index (κ3) is 2.17. The fourth-order valence-corrected chi connectivity index (χ4v) is 3.74. The Bertz CT molecular complexity index is 685. The second-order valence-electron chi connectivity index (χ2n) is 6.05. The number of rotatable bonds is 2. The molecular weight excluding hydrogens is 265 g/mol. The van der Waals surface area contributed by atoms with Crippen LogP contribution >= 0.6 is 0 Å². The van der Waals surface area contributed by atoms with Gasteiger partial charge in [-0.3, -0.25) is 0 Å². The molecule has 0 aromatic heterocycles. The molecule has 3 atom stereocenters. The van der Waals surface area contributed by atoms with Crippen molar-refractivity contribution in [2.75, 3.05) is 0 Å². The van der Waals surface area contributed by atoms with Crippen molar-refractivity contribution in [3.63, 3.8) is 0 Å².